The van der Waals surface area contributed by atoms with Crippen LogP contribution in [-0.4, -0.2) is 28.6 Å². The molecule has 0 aliphatic rings. The Labute approximate surface area is 101 Å². The van der Waals surface area contributed by atoms with Crippen LogP contribution in [0.25, 0.3) is 0 Å². The van der Waals surface area contributed by atoms with Gasteiger partial charge in [0, 0.05) is 12.1 Å². The van der Waals surface area contributed by atoms with Crippen LogP contribution in [0, 0.1) is 22.9 Å². The van der Waals surface area contributed by atoms with Gasteiger partial charge in [0.15, 0.2) is 11.6 Å². The Morgan fingerprint density at radius 2 is 2.28 bits per heavy atom. The second-order valence-corrected chi connectivity index (χ2v) is 3.51. The maximum absolute atomic E-state index is 13.5. The number of carboxylic acids is 1. The number of nitro groups is 1. The predicted octanol–water partition coefficient (Wildman–Crippen LogP) is 0.833. The summed E-state index contributed by atoms with van der Waals surface area (Å²) in [5, 5.41) is 19.3. The summed E-state index contributed by atoms with van der Waals surface area (Å²) in [5.41, 5.74) is 4.91. The summed E-state index contributed by atoms with van der Waals surface area (Å²) in [4.78, 5) is 20.5. The highest BCUT2D eigenvalue weighted by atomic mass is 19.1. The minimum atomic E-state index is -1.40. The van der Waals surface area contributed by atoms with Gasteiger partial charge in [-0.15, -0.1) is 0 Å². The van der Waals surface area contributed by atoms with Gasteiger partial charge in [0.1, 0.15) is 0 Å². The highest BCUT2D eigenvalue weighted by Gasteiger charge is 2.22. The van der Waals surface area contributed by atoms with E-state index in [4.69, 9.17) is 15.6 Å². The van der Waals surface area contributed by atoms with Crippen molar-refractivity contribution >= 4 is 11.7 Å². The maximum Gasteiger partial charge on any atom is 0.346 e. The Bertz CT molecular complexity index is 491. The van der Waals surface area contributed by atoms with E-state index >= 15 is 0 Å². The number of carboxylic acid groups (broad SMARTS) is 1. The van der Waals surface area contributed by atoms with Crippen molar-refractivity contribution in [1.29, 1.82) is 0 Å². The molecule has 1 aromatic rings. The smallest absolute Gasteiger partial charge is 0.346 e. The first-order valence-electron chi connectivity index (χ1n) is 4.91. The average molecular weight is 258 g/mol. The molecule has 0 aliphatic carbocycles. The quantitative estimate of drug-likeness (QED) is 0.597. The molecule has 0 aliphatic heterocycles. The molecule has 1 rings (SSSR count). The third-order valence-electron chi connectivity index (χ3n) is 2.21. The Morgan fingerprint density at radius 1 is 1.67 bits per heavy atom. The van der Waals surface area contributed by atoms with E-state index in [2.05, 4.69) is 0 Å². The fourth-order valence-electron chi connectivity index (χ4n) is 1.28. The Balaban J connectivity index is 3.08. The monoisotopic (exact) mass is 258 g/mol. The molecule has 0 aromatic heterocycles. The zero-order valence-electron chi connectivity index (χ0n) is 9.42. The lowest BCUT2D eigenvalue weighted by Crippen LogP contribution is -2.35. The Morgan fingerprint density at radius 3 is 2.72 bits per heavy atom. The number of aryl methyl sites for hydroxylation is 1. The molecule has 7 nitrogen and oxygen atoms in total. The number of benzene rings is 1. The van der Waals surface area contributed by atoms with Crippen LogP contribution >= 0.6 is 0 Å². The van der Waals surface area contributed by atoms with Crippen LogP contribution in [0.4, 0.5) is 10.1 Å². The van der Waals surface area contributed by atoms with Gasteiger partial charge in [-0.1, -0.05) is 0 Å². The number of carbonyl (C=O) groups is 1. The topological polar surface area (TPSA) is 116 Å². The lowest BCUT2D eigenvalue weighted by atomic mass is 10.2. The van der Waals surface area contributed by atoms with Crippen LogP contribution in [0.2, 0.25) is 0 Å². The molecule has 0 radical (unpaired) electrons. The maximum atomic E-state index is 13.5. The molecule has 0 spiro atoms. The molecule has 0 saturated heterocycles. The van der Waals surface area contributed by atoms with Gasteiger partial charge >= 0.3 is 5.97 Å². The molecule has 0 amide bonds. The Hall–Kier alpha value is -2.22. The van der Waals surface area contributed by atoms with Crippen molar-refractivity contribution in [2.45, 2.75) is 13.0 Å². The van der Waals surface area contributed by atoms with Gasteiger partial charge in [0.05, 0.1) is 11.0 Å². The largest absolute Gasteiger partial charge is 0.478 e. The average Bonchev–Trinajstić information content (AvgIpc) is 2.28. The summed E-state index contributed by atoms with van der Waals surface area (Å²) in [5.74, 6) is -2.73. The molecule has 0 heterocycles. The number of ether oxygens (including phenoxy) is 1. The lowest BCUT2D eigenvalue weighted by Gasteiger charge is -2.14. The normalized spacial score (nSPS) is 11.9. The summed E-state index contributed by atoms with van der Waals surface area (Å²) >= 11 is 0. The van der Waals surface area contributed by atoms with E-state index < -0.39 is 28.5 Å². The summed E-state index contributed by atoms with van der Waals surface area (Å²) in [6.45, 7) is 1.05. The molecule has 1 atom stereocenters. The molecule has 18 heavy (non-hydrogen) atoms. The molecule has 98 valence electrons. The first kappa shape index (κ1) is 13.8. The highest BCUT2D eigenvalue weighted by molar-refractivity contribution is 5.73. The minimum Gasteiger partial charge on any atom is -0.478 e. The SMILES string of the molecule is Cc1cc(OC(CN)C(=O)O)c(F)cc1[N+](=O)[O-]. The van der Waals surface area contributed by atoms with Crippen LogP contribution in [0.1, 0.15) is 5.56 Å². The Kier molecular flexibility index (Phi) is 4.16. The van der Waals surface area contributed by atoms with Gasteiger partial charge in [-0.3, -0.25) is 10.1 Å². The van der Waals surface area contributed by atoms with Gasteiger partial charge in [-0.05, 0) is 13.0 Å². The van der Waals surface area contributed by atoms with Crippen molar-refractivity contribution in [3.63, 3.8) is 0 Å². The van der Waals surface area contributed by atoms with Gasteiger partial charge in [0.2, 0.25) is 6.10 Å². The number of nitrogens with zero attached hydrogens (tertiary/aromatic N) is 1. The summed E-state index contributed by atoms with van der Waals surface area (Å²) in [7, 11) is 0. The fourth-order valence-corrected chi connectivity index (χ4v) is 1.28. The number of rotatable bonds is 5. The number of hydrogen-bond donors (Lipinski definition) is 2. The van der Waals surface area contributed by atoms with E-state index in [0.717, 1.165) is 6.07 Å². The van der Waals surface area contributed by atoms with Gasteiger partial charge < -0.3 is 15.6 Å². The van der Waals surface area contributed by atoms with Crippen molar-refractivity contribution in [1.82, 2.24) is 0 Å². The summed E-state index contributed by atoms with van der Waals surface area (Å²) in [6.07, 6.45) is -1.40. The number of nitro benzene ring substituents is 1. The van der Waals surface area contributed by atoms with Gasteiger partial charge in [0.25, 0.3) is 5.69 Å². The molecule has 0 saturated carbocycles. The van der Waals surface area contributed by atoms with Crippen molar-refractivity contribution < 1.29 is 24.0 Å². The zero-order chi connectivity index (χ0) is 13.9. The molecule has 1 aromatic carbocycles. The first-order chi connectivity index (χ1) is 8.36. The summed E-state index contributed by atoms with van der Waals surface area (Å²) < 4.78 is 18.3. The van der Waals surface area contributed by atoms with E-state index in [1.807, 2.05) is 0 Å². The van der Waals surface area contributed by atoms with Crippen molar-refractivity contribution in [3.05, 3.63) is 33.6 Å². The molecule has 0 fully saturated rings. The predicted molar refractivity (Wildman–Crippen MR) is 58.9 cm³/mol. The molecule has 1 unspecified atom stereocenters. The highest BCUT2D eigenvalue weighted by Crippen LogP contribution is 2.27. The van der Waals surface area contributed by atoms with Crippen LogP contribution < -0.4 is 10.5 Å². The zero-order valence-corrected chi connectivity index (χ0v) is 9.42. The molecule has 8 heteroatoms. The second-order valence-electron chi connectivity index (χ2n) is 3.51. The number of halogens is 1. The van der Waals surface area contributed by atoms with Crippen LogP contribution in [0.15, 0.2) is 12.1 Å². The van der Waals surface area contributed by atoms with Crippen LogP contribution in [0.5, 0.6) is 5.75 Å². The molecule has 3 N–H and O–H groups in total. The van der Waals surface area contributed by atoms with Crippen molar-refractivity contribution in [2.75, 3.05) is 6.54 Å². The van der Waals surface area contributed by atoms with Crippen molar-refractivity contribution in [2.24, 2.45) is 5.73 Å². The van der Waals surface area contributed by atoms with Crippen LogP contribution in [-0.2, 0) is 4.79 Å². The fraction of sp³-hybridized carbons (Fsp3) is 0.300. The number of hydrogen-bond acceptors (Lipinski definition) is 5. The first-order valence-corrected chi connectivity index (χ1v) is 4.91. The standard InChI is InChI=1S/C10H11FN2O5/c1-5-2-8(18-9(4-12)10(14)15)6(11)3-7(5)13(16)17/h2-3,9H,4,12H2,1H3,(H,14,15). The number of nitrogens with two attached hydrogens (primary N) is 1. The number of aliphatic carboxylic acids is 1. The van der Waals surface area contributed by atoms with E-state index in [-0.39, 0.29) is 17.9 Å². The van der Waals surface area contributed by atoms with E-state index in [1.165, 1.54) is 6.92 Å². The lowest BCUT2D eigenvalue weighted by molar-refractivity contribution is -0.385. The van der Waals surface area contributed by atoms with Crippen molar-refractivity contribution in [3.8, 4) is 5.75 Å². The summed E-state index contributed by atoms with van der Waals surface area (Å²) in [6, 6.07) is 1.75. The molecule has 0 bridgehead atoms. The second kappa shape index (κ2) is 5.41. The third kappa shape index (κ3) is 2.92. The minimum absolute atomic E-state index is 0.164. The molecular formula is C10H11FN2O5. The van der Waals surface area contributed by atoms with Crippen LogP contribution in [0.3, 0.4) is 0 Å². The van der Waals surface area contributed by atoms with E-state index in [9.17, 15) is 19.3 Å². The van der Waals surface area contributed by atoms with Gasteiger partial charge in [-0.25, -0.2) is 9.18 Å². The van der Waals surface area contributed by atoms with E-state index in [0.29, 0.717) is 6.07 Å². The molecular weight excluding hydrogens is 247 g/mol. The van der Waals surface area contributed by atoms with Gasteiger partial charge in [-0.2, -0.15) is 0 Å². The van der Waals surface area contributed by atoms with E-state index in [1.54, 1.807) is 0 Å². The third-order valence-corrected chi connectivity index (χ3v) is 2.21.